The monoisotopic (exact) mass is 453 g/mol. The molecule has 0 radical (unpaired) electrons. The minimum Gasteiger partial charge on any atom is -0.382 e. The molecule has 3 heterocycles. The molecule has 1 saturated heterocycles. The highest BCUT2D eigenvalue weighted by atomic mass is 32.1. The van der Waals surface area contributed by atoms with Crippen LogP contribution in [0.25, 0.3) is 10.3 Å². The fourth-order valence-electron chi connectivity index (χ4n) is 4.66. The van der Waals surface area contributed by atoms with E-state index >= 15 is 0 Å². The lowest BCUT2D eigenvalue weighted by Crippen LogP contribution is -2.43. The van der Waals surface area contributed by atoms with Crippen LogP contribution >= 0.6 is 11.3 Å². The van der Waals surface area contributed by atoms with E-state index in [4.69, 9.17) is 9.72 Å². The van der Waals surface area contributed by atoms with Crippen LogP contribution in [0.1, 0.15) is 37.1 Å². The number of rotatable bonds is 7. The Balaban J connectivity index is 1.41. The first-order valence-corrected chi connectivity index (χ1v) is 11.8. The number of ether oxygens (including phenoxy) is 1. The number of nitrogens with zero attached hydrogens (tertiary/aromatic N) is 4. The number of thiazole rings is 1. The van der Waals surface area contributed by atoms with Crippen LogP contribution in [-0.2, 0) is 21.6 Å². The predicted molar refractivity (Wildman–Crippen MR) is 124 cm³/mol. The van der Waals surface area contributed by atoms with Crippen LogP contribution in [0.4, 0.5) is 5.13 Å². The maximum absolute atomic E-state index is 13.3. The van der Waals surface area contributed by atoms with Crippen molar-refractivity contribution in [3.05, 3.63) is 52.1 Å². The number of benzene rings is 1. The van der Waals surface area contributed by atoms with Crippen molar-refractivity contribution >= 4 is 32.7 Å². The van der Waals surface area contributed by atoms with Gasteiger partial charge in [0, 0.05) is 20.2 Å². The zero-order valence-electron chi connectivity index (χ0n) is 18.3. The lowest BCUT2D eigenvalue weighted by molar-refractivity contribution is -0.122. The zero-order chi connectivity index (χ0) is 22.3. The van der Waals surface area contributed by atoms with Gasteiger partial charge in [0.1, 0.15) is 11.9 Å². The Bertz CT molecular complexity index is 1200. The van der Waals surface area contributed by atoms with Gasteiger partial charge in [-0.25, -0.2) is 9.97 Å². The Labute approximate surface area is 190 Å². The molecule has 3 aromatic rings. The molecule has 2 aromatic heterocycles. The molecule has 0 bridgehead atoms. The van der Waals surface area contributed by atoms with Gasteiger partial charge in [-0.1, -0.05) is 41.7 Å². The molecule has 0 unspecified atom stereocenters. The van der Waals surface area contributed by atoms with Gasteiger partial charge in [-0.15, -0.1) is 0 Å². The molecule has 1 saturated carbocycles. The normalized spacial score (nSPS) is 19.4. The number of aromatic nitrogens is 3. The van der Waals surface area contributed by atoms with Gasteiger partial charge in [-0.2, -0.15) is 0 Å². The van der Waals surface area contributed by atoms with E-state index in [1.165, 1.54) is 11.3 Å². The maximum Gasteiger partial charge on any atom is 0.281 e. The topological polar surface area (TPSA) is 89.3 Å². The van der Waals surface area contributed by atoms with Gasteiger partial charge in [-0.05, 0) is 38.2 Å². The predicted octanol–water partition coefficient (Wildman–Crippen LogP) is 2.58. The van der Waals surface area contributed by atoms with Gasteiger partial charge in [0.15, 0.2) is 15.5 Å². The molecule has 1 atom stereocenters. The Morgan fingerprint density at radius 3 is 2.78 bits per heavy atom. The SMILES string of the molecule is COCC1(n2c(C)nc3sc(N4CCC[C@@H]4C(=O)NCc4ccccc4)nc3c2=O)CC1. The second kappa shape index (κ2) is 8.29. The molecule has 32 heavy (non-hydrogen) atoms. The first-order chi connectivity index (χ1) is 15.5. The maximum atomic E-state index is 13.3. The molecule has 2 aliphatic rings. The van der Waals surface area contributed by atoms with Gasteiger partial charge in [0.05, 0.1) is 12.1 Å². The molecular weight excluding hydrogens is 426 g/mol. The zero-order valence-corrected chi connectivity index (χ0v) is 19.2. The van der Waals surface area contributed by atoms with E-state index in [1.807, 2.05) is 42.2 Å². The summed E-state index contributed by atoms with van der Waals surface area (Å²) in [5, 5.41) is 3.74. The standard InChI is InChI=1S/C23H27N5O3S/c1-15-25-20-18(21(30)28(15)23(10-11-23)14-31-2)26-22(32-20)27-12-6-9-17(27)19(29)24-13-16-7-4-3-5-8-16/h3-5,7-8,17H,6,9-14H2,1-2H3,(H,24,29)/t17-/m1/s1. The average molecular weight is 454 g/mol. The van der Waals surface area contributed by atoms with Crippen molar-refractivity contribution in [1.29, 1.82) is 0 Å². The van der Waals surface area contributed by atoms with Gasteiger partial charge in [0.25, 0.3) is 5.56 Å². The van der Waals surface area contributed by atoms with E-state index in [9.17, 15) is 9.59 Å². The van der Waals surface area contributed by atoms with E-state index in [2.05, 4.69) is 10.3 Å². The molecule has 1 aliphatic carbocycles. The summed E-state index contributed by atoms with van der Waals surface area (Å²) in [5.41, 5.74) is 1.03. The summed E-state index contributed by atoms with van der Waals surface area (Å²) in [6.07, 6.45) is 3.49. The fraction of sp³-hybridized carbons (Fsp3) is 0.478. The largest absolute Gasteiger partial charge is 0.382 e. The summed E-state index contributed by atoms with van der Waals surface area (Å²) in [7, 11) is 1.66. The second-order valence-electron chi connectivity index (χ2n) is 8.66. The van der Waals surface area contributed by atoms with Gasteiger partial charge >= 0.3 is 0 Å². The van der Waals surface area contributed by atoms with Crippen molar-refractivity contribution < 1.29 is 9.53 Å². The molecule has 5 rings (SSSR count). The molecule has 1 aromatic carbocycles. The molecular formula is C23H27N5O3S. The number of carbonyl (C=O) groups is 1. The third-order valence-electron chi connectivity index (χ3n) is 6.42. The highest BCUT2D eigenvalue weighted by Gasteiger charge is 2.47. The van der Waals surface area contributed by atoms with E-state index in [1.54, 1.807) is 11.7 Å². The fourth-order valence-corrected chi connectivity index (χ4v) is 5.72. The van der Waals surface area contributed by atoms with E-state index < -0.39 is 0 Å². The minimum absolute atomic E-state index is 0.0100. The van der Waals surface area contributed by atoms with Crippen LogP contribution < -0.4 is 15.8 Å². The highest BCUT2D eigenvalue weighted by molar-refractivity contribution is 7.21. The van der Waals surface area contributed by atoms with Crippen molar-refractivity contribution in [2.45, 2.75) is 50.7 Å². The number of anilines is 1. The molecule has 0 spiro atoms. The number of carbonyl (C=O) groups excluding carboxylic acids is 1. The number of hydrogen-bond donors (Lipinski definition) is 1. The van der Waals surface area contributed by atoms with Crippen LogP contribution in [0.5, 0.6) is 0 Å². The first-order valence-electron chi connectivity index (χ1n) is 11.0. The van der Waals surface area contributed by atoms with Gasteiger partial charge in [-0.3, -0.25) is 14.2 Å². The van der Waals surface area contributed by atoms with E-state index in [0.29, 0.717) is 34.5 Å². The molecule has 8 nitrogen and oxygen atoms in total. The smallest absolute Gasteiger partial charge is 0.281 e. The van der Waals surface area contributed by atoms with Crippen molar-refractivity contribution in [3.8, 4) is 0 Å². The van der Waals surface area contributed by atoms with E-state index in [-0.39, 0.29) is 23.0 Å². The Morgan fingerprint density at radius 2 is 2.06 bits per heavy atom. The summed E-state index contributed by atoms with van der Waals surface area (Å²) in [5.74, 6) is 0.676. The molecule has 1 aliphatic heterocycles. The molecule has 1 N–H and O–H groups in total. The third kappa shape index (κ3) is 3.69. The summed E-state index contributed by atoms with van der Waals surface area (Å²) >= 11 is 1.39. The highest BCUT2D eigenvalue weighted by Crippen LogP contribution is 2.43. The number of hydrogen-bond acceptors (Lipinski definition) is 7. The van der Waals surface area contributed by atoms with Gasteiger partial charge < -0.3 is 15.0 Å². The average Bonchev–Trinajstić information content (AvgIpc) is 3.21. The van der Waals surface area contributed by atoms with Crippen molar-refractivity contribution in [2.24, 2.45) is 0 Å². The summed E-state index contributed by atoms with van der Waals surface area (Å²) in [6, 6.07) is 9.59. The Morgan fingerprint density at radius 1 is 1.28 bits per heavy atom. The lowest BCUT2D eigenvalue weighted by atomic mass is 10.2. The van der Waals surface area contributed by atoms with Crippen LogP contribution in [0.15, 0.2) is 35.1 Å². The van der Waals surface area contributed by atoms with Gasteiger partial charge in [0.2, 0.25) is 5.91 Å². The Hall–Kier alpha value is -2.78. The van der Waals surface area contributed by atoms with Crippen molar-refractivity contribution in [1.82, 2.24) is 19.9 Å². The van der Waals surface area contributed by atoms with Crippen LogP contribution in [0.2, 0.25) is 0 Å². The molecule has 2 fully saturated rings. The van der Waals surface area contributed by atoms with Crippen LogP contribution in [0, 0.1) is 6.92 Å². The molecule has 168 valence electrons. The first kappa shape index (κ1) is 21.1. The number of aryl methyl sites for hydroxylation is 1. The number of amides is 1. The lowest BCUT2D eigenvalue weighted by Gasteiger charge is -2.23. The van der Waals surface area contributed by atoms with Crippen LogP contribution in [0.3, 0.4) is 0 Å². The number of methoxy groups -OCH3 is 1. The van der Waals surface area contributed by atoms with Crippen LogP contribution in [-0.4, -0.2) is 46.7 Å². The van der Waals surface area contributed by atoms with Crippen molar-refractivity contribution in [3.63, 3.8) is 0 Å². The number of fused-ring (bicyclic) bond motifs is 1. The van der Waals surface area contributed by atoms with Crippen molar-refractivity contribution in [2.75, 3.05) is 25.2 Å². The third-order valence-corrected chi connectivity index (χ3v) is 7.40. The number of nitrogens with one attached hydrogen (secondary N) is 1. The summed E-state index contributed by atoms with van der Waals surface area (Å²) in [4.78, 5) is 38.3. The second-order valence-corrected chi connectivity index (χ2v) is 9.62. The minimum atomic E-state index is -0.297. The Kier molecular flexibility index (Phi) is 5.46. The quantitative estimate of drug-likeness (QED) is 0.592. The summed E-state index contributed by atoms with van der Waals surface area (Å²) in [6.45, 7) is 3.60. The molecule has 9 heteroatoms. The molecule has 1 amide bonds. The van der Waals surface area contributed by atoms with E-state index in [0.717, 1.165) is 37.8 Å². The summed E-state index contributed by atoms with van der Waals surface area (Å²) < 4.78 is 7.13.